The van der Waals surface area contributed by atoms with Crippen LogP contribution in [0.25, 0.3) is 0 Å². The number of halogens is 3. The van der Waals surface area contributed by atoms with Crippen molar-refractivity contribution in [1.29, 1.82) is 0 Å². The quantitative estimate of drug-likeness (QED) is 0.816. The molecule has 1 heterocycles. The summed E-state index contributed by atoms with van der Waals surface area (Å²) in [6.45, 7) is 1.10. The second-order valence-electron chi connectivity index (χ2n) is 5.36. The van der Waals surface area contributed by atoms with E-state index in [0.29, 0.717) is 25.9 Å². The summed E-state index contributed by atoms with van der Waals surface area (Å²) >= 11 is 0. The molecule has 0 radical (unpaired) electrons. The highest BCUT2D eigenvalue weighted by atomic mass is 32.2. The fourth-order valence-corrected chi connectivity index (χ4v) is 3.21. The smallest absolute Gasteiger partial charge is 0.406 e. The normalized spacial score (nSPS) is 18.1. The molecule has 0 amide bonds. The standard InChI is InChI=1S/C14H18F3NO4S/c1-23(19,20)18-8-6-12(7-9-18)21-10-11-2-4-13(5-3-11)22-14(15,16)17/h2-5,12H,6-10H2,1H3. The molecule has 0 bridgehead atoms. The average molecular weight is 353 g/mol. The molecular weight excluding hydrogens is 335 g/mol. The van der Waals surface area contributed by atoms with Crippen molar-refractivity contribution in [2.75, 3.05) is 19.3 Å². The third kappa shape index (κ3) is 6.00. The number of alkyl halides is 3. The Hall–Kier alpha value is -1.32. The molecule has 1 aromatic carbocycles. The molecule has 0 aliphatic carbocycles. The Balaban J connectivity index is 1.79. The molecule has 0 saturated carbocycles. The summed E-state index contributed by atoms with van der Waals surface area (Å²) in [6.07, 6.45) is -2.38. The number of benzene rings is 1. The molecule has 5 nitrogen and oxygen atoms in total. The zero-order chi connectivity index (χ0) is 17.1. The second-order valence-corrected chi connectivity index (χ2v) is 7.35. The number of sulfonamides is 1. The lowest BCUT2D eigenvalue weighted by atomic mass is 10.1. The van der Waals surface area contributed by atoms with E-state index >= 15 is 0 Å². The Morgan fingerprint density at radius 2 is 1.74 bits per heavy atom. The van der Waals surface area contributed by atoms with E-state index in [2.05, 4.69) is 4.74 Å². The van der Waals surface area contributed by atoms with E-state index in [9.17, 15) is 21.6 Å². The third-order valence-corrected chi connectivity index (χ3v) is 4.82. The monoisotopic (exact) mass is 353 g/mol. The van der Waals surface area contributed by atoms with Gasteiger partial charge in [-0.1, -0.05) is 12.1 Å². The van der Waals surface area contributed by atoms with Crippen molar-refractivity contribution in [2.24, 2.45) is 0 Å². The average Bonchev–Trinajstić information content (AvgIpc) is 2.44. The first-order chi connectivity index (χ1) is 10.6. The topological polar surface area (TPSA) is 55.8 Å². The maximum absolute atomic E-state index is 12.1. The summed E-state index contributed by atoms with van der Waals surface area (Å²) in [5, 5.41) is 0. The summed E-state index contributed by atoms with van der Waals surface area (Å²) in [5.41, 5.74) is 0.727. The van der Waals surface area contributed by atoms with Gasteiger partial charge in [0.15, 0.2) is 0 Å². The van der Waals surface area contributed by atoms with Gasteiger partial charge in [0.05, 0.1) is 19.0 Å². The lowest BCUT2D eigenvalue weighted by molar-refractivity contribution is -0.274. The Morgan fingerprint density at radius 3 is 2.22 bits per heavy atom. The van der Waals surface area contributed by atoms with Gasteiger partial charge in [-0.2, -0.15) is 0 Å². The molecule has 23 heavy (non-hydrogen) atoms. The van der Waals surface area contributed by atoms with Crippen molar-refractivity contribution in [1.82, 2.24) is 4.31 Å². The fraction of sp³-hybridized carbons (Fsp3) is 0.571. The Kier molecular flexibility index (Phi) is 5.53. The van der Waals surface area contributed by atoms with Crippen LogP contribution in [0, 0.1) is 0 Å². The number of hydrogen-bond acceptors (Lipinski definition) is 4. The highest BCUT2D eigenvalue weighted by Gasteiger charge is 2.31. The highest BCUT2D eigenvalue weighted by Crippen LogP contribution is 2.23. The molecule has 0 spiro atoms. The lowest BCUT2D eigenvalue weighted by Crippen LogP contribution is -2.40. The van der Waals surface area contributed by atoms with Crippen LogP contribution in [0.5, 0.6) is 5.75 Å². The molecule has 0 atom stereocenters. The number of nitrogens with zero attached hydrogens (tertiary/aromatic N) is 1. The van der Waals surface area contributed by atoms with E-state index in [1.54, 1.807) is 0 Å². The van der Waals surface area contributed by atoms with Crippen molar-refractivity contribution in [3.05, 3.63) is 29.8 Å². The van der Waals surface area contributed by atoms with Gasteiger partial charge in [0.25, 0.3) is 0 Å². The zero-order valence-electron chi connectivity index (χ0n) is 12.5. The Bertz CT molecular complexity index is 608. The van der Waals surface area contributed by atoms with E-state index < -0.39 is 16.4 Å². The van der Waals surface area contributed by atoms with Gasteiger partial charge in [-0.3, -0.25) is 0 Å². The van der Waals surface area contributed by atoms with Crippen LogP contribution in [0.4, 0.5) is 13.2 Å². The van der Waals surface area contributed by atoms with Crippen molar-refractivity contribution >= 4 is 10.0 Å². The second kappa shape index (κ2) is 7.06. The molecule has 0 unspecified atom stereocenters. The molecule has 130 valence electrons. The summed E-state index contributed by atoms with van der Waals surface area (Å²) in [7, 11) is -3.16. The first-order valence-electron chi connectivity index (χ1n) is 7.05. The molecule has 2 rings (SSSR count). The van der Waals surface area contributed by atoms with Gasteiger partial charge in [0.1, 0.15) is 5.75 Å². The Labute approximate surface area is 133 Å². The van der Waals surface area contributed by atoms with Crippen molar-refractivity contribution in [3.63, 3.8) is 0 Å². The summed E-state index contributed by atoms with van der Waals surface area (Å²) in [6, 6.07) is 5.48. The van der Waals surface area contributed by atoms with Gasteiger partial charge in [0, 0.05) is 13.1 Å². The van der Waals surface area contributed by atoms with Crippen LogP contribution in [0.15, 0.2) is 24.3 Å². The van der Waals surface area contributed by atoms with Crippen LogP contribution in [-0.4, -0.2) is 44.5 Å². The van der Waals surface area contributed by atoms with Crippen LogP contribution >= 0.6 is 0 Å². The molecular formula is C14H18F3NO4S. The molecule has 0 aromatic heterocycles. The van der Waals surface area contributed by atoms with E-state index in [1.165, 1.54) is 34.8 Å². The number of hydrogen-bond donors (Lipinski definition) is 0. The van der Waals surface area contributed by atoms with Gasteiger partial charge in [-0.15, -0.1) is 13.2 Å². The minimum atomic E-state index is -4.70. The number of rotatable bonds is 5. The van der Waals surface area contributed by atoms with Gasteiger partial charge in [0.2, 0.25) is 10.0 Å². The predicted molar refractivity (Wildman–Crippen MR) is 77.4 cm³/mol. The molecule has 1 aliphatic heterocycles. The predicted octanol–water partition coefficient (Wildman–Crippen LogP) is 2.53. The summed E-state index contributed by atoms with van der Waals surface area (Å²) in [5.74, 6) is -0.275. The van der Waals surface area contributed by atoms with Gasteiger partial charge < -0.3 is 9.47 Å². The van der Waals surface area contributed by atoms with E-state index in [0.717, 1.165) is 5.56 Å². The van der Waals surface area contributed by atoms with Gasteiger partial charge in [-0.05, 0) is 30.5 Å². The third-order valence-electron chi connectivity index (χ3n) is 3.51. The minimum Gasteiger partial charge on any atom is -0.406 e. The van der Waals surface area contributed by atoms with E-state index in [4.69, 9.17) is 4.74 Å². The lowest BCUT2D eigenvalue weighted by Gasteiger charge is -2.30. The Morgan fingerprint density at radius 1 is 1.17 bits per heavy atom. The first-order valence-corrected chi connectivity index (χ1v) is 8.90. The van der Waals surface area contributed by atoms with Crippen LogP contribution in [0.3, 0.4) is 0 Å². The maximum atomic E-state index is 12.1. The van der Waals surface area contributed by atoms with Crippen molar-refractivity contribution in [2.45, 2.75) is 31.9 Å². The summed E-state index contributed by atoms with van der Waals surface area (Å²) in [4.78, 5) is 0. The molecule has 1 saturated heterocycles. The van der Waals surface area contributed by atoms with Crippen LogP contribution in [-0.2, 0) is 21.4 Å². The van der Waals surface area contributed by atoms with Crippen LogP contribution in [0.2, 0.25) is 0 Å². The minimum absolute atomic E-state index is 0.0564. The van der Waals surface area contributed by atoms with Gasteiger partial charge >= 0.3 is 6.36 Å². The van der Waals surface area contributed by atoms with Crippen LogP contribution in [0.1, 0.15) is 18.4 Å². The first kappa shape index (κ1) is 18.0. The zero-order valence-corrected chi connectivity index (χ0v) is 13.4. The summed E-state index contributed by atoms with van der Waals surface area (Å²) < 4.78 is 69.8. The molecule has 1 fully saturated rings. The molecule has 1 aromatic rings. The SMILES string of the molecule is CS(=O)(=O)N1CCC(OCc2ccc(OC(F)(F)F)cc2)CC1. The number of ether oxygens (including phenoxy) is 2. The fourth-order valence-electron chi connectivity index (χ4n) is 2.33. The van der Waals surface area contributed by atoms with E-state index in [-0.39, 0.29) is 18.5 Å². The molecule has 9 heteroatoms. The largest absolute Gasteiger partial charge is 0.573 e. The highest BCUT2D eigenvalue weighted by molar-refractivity contribution is 7.88. The van der Waals surface area contributed by atoms with E-state index in [1.807, 2.05) is 0 Å². The molecule has 1 aliphatic rings. The van der Waals surface area contributed by atoms with Crippen LogP contribution < -0.4 is 4.74 Å². The van der Waals surface area contributed by atoms with Crippen molar-refractivity contribution in [3.8, 4) is 5.75 Å². The van der Waals surface area contributed by atoms with Gasteiger partial charge in [-0.25, -0.2) is 12.7 Å². The van der Waals surface area contributed by atoms with Crippen molar-refractivity contribution < 1.29 is 31.1 Å². The number of piperidine rings is 1. The molecule has 0 N–H and O–H groups in total. The maximum Gasteiger partial charge on any atom is 0.573 e.